The van der Waals surface area contributed by atoms with Crippen LogP contribution in [0.1, 0.15) is 37.8 Å². The quantitative estimate of drug-likeness (QED) is 0.799. The van der Waals surface area contributed by atoms with Crippen LogP contribution in [0.15, 0.2) is 24.3 Å². The standard InChI is InChI=1S/C14H21NS.C2H6/c1-12-3-5-13(6-4-12)11-15-9-7-14(16-2)8-10-15;1-2/h3-6,14H,7-11H2,1-2H3;1-2H3. The summed E-state index contributed by atoms with van der Waals surface area (Å²) < 4.78 is 0. The van der Waals surface area contributed by atoms with Crippen molar-refractivity contribution in [3.8, 4) is 0 Å². The Kier molecular flexibility index (Phi) is 7.45. The van der Waals surface area contributed by atoms with E-state index in [2.05, 4.69) is 42.3 Å². The van der Waals surface area contributed by atoms with Gasteiger partial charge in [-0.25, -0.2) is 0 Å². The summed E-state index contributed by atoms with van der Waals surface area (Å²) in [4.78, 5) is 2.58. The molecule has 1 aromatic carbocycles. The van der Waals surface area contributed by atoms with Gasteiger partial charge in [0.15, 0.2) is 0 Å². The van der Waals surface area contributed by atoms with Crippen LogP contribution in [0.3, 0.4) is 0 Å². The molecule has 1 saturated heterocycles. The van der Waals surface area contributed by atoms with Crippen LogP contribution >= 0.6 is 11.8 Å². The monoisotopic (exact) mass is 265 g/mol. The fourth-order valence-electron chi connectivity index (χ4n) is 2.25. The molecule has 0 aliphatic carbocycles. The number of piperidine rings is 1. The zero-order valence-electron chi connectivity index (χ0n) is 12.3. The summed E-state index contributed by atoms with van der Waals surface area (Å²) in [5, 5.41) is 0.897. The molecule has 0 spiro atoms. The Balaban J connectivity index is 0.000000771. The van der Waals surface area contributed by atoms with E-state index in [4.69, 9.17) is 0 Å². The number of nitrogens with zero attached hydrogens (tertiary/aromatic N) is 1. The van der Waals surface area contributed by atoms with Crippen molar-refractivity contribution in [1.29, 1.82) is 0 Å². The first-order chi connectivity index (χ1) is 8.78. The lowest BCUT2D eigenvalue weighted by molar-refractivity contribution is 0.225. The third-order valence-electron chi connectivity index (χ3n) is 3.39. The van der Waals surface area contributed by atoms with Crippen molar-refractivity contribution in [3.63, 3.8) is 0 Å². The largest absolute Gasteiger partial charge is 0.299 e. The van der Waals surface area contributed by atoms with E-state index in [9.17, 15) is 0 Å². The number of thioether (sulfide) groups is 1. The van der Waals surface area contributed by atoms with Crippen LogP contribution in [0, 0.1) is 6.92 Å². The van der Waals surface area contributed by atoms with Crippen molar-refractivity contribution in [1.82, 2.24) is 4.90 Å². The predicted molar refractivity (Wildman–Crippen MR) is 84.3 cm³/mol. The summed E-state index contributed by atoms with van der Waals surface area (Å²) in [6, 6.07) is 8.94. The Morgan fingerprint density at radius 2 is 1.67 bits per heavy atom. The van der Waals surface area contributed by atoms with Gasteiger partial charge in [0.25, 0.3) is 0 Å². The van der Waals surface area contributed by atoms with Crippen molar-refractivity contribution in [3.05, 3.63) is 35.4 Å². The van der Waals surface area contributed by atoms with E-state index in [0.29, 0.717) is 0 Å². The van der Waals surface area contributed by atoms with E-state index in [1.54, 1.807) is 0 Å². The second-order valence-corrected chi connectivity index (χ2v) is 5.83. The van der Waals surface area contributed by atoms with E-state index < -0.39 is 0 Å². The zero-order chi connectivity index (χ0) is 13.4. The van der Waals surface area contributed by atoms with Gasteiger partial charge >= 0.3 is 0 Å². The fraction of sp³-hybridized carbons (Fsp3) is 0.625. The summed E-state index contributed by atoms with van der Waals surface area (Å²) in [5.41, 5.74) is 2.80. The molecule has 2 heteroatoms. The van der Waals surface area contributed by atoms with Gasteiger partial charge < -0.3 is 0 Å². The van der Waals surface area contributed by atoms with Crippen LogP contribution in [0.4, 0.5) is 0 Å². The highest BCUT2D eigenvalue weighted by Gasteiger charge is 2.17. The maximum Gasteiger partial charge on any atom is 0.0233 e. The van der Waals surface area contributed by atoms with Crippen LogP contribution in [-0.4, -0.2) is 29.5 Å². The van der Waals surface area contributed by atoms with Gasteiger partial charge in [-0.3, -0.25) is 4.90 Å². The van der Waals surface area contributed by atoms with Crippen molar-refractivity contribution in [2.75, 3.05) is 19.3 Å². The van der Waals surface area contributed by atoms with Gasteiger partial charge in [0.2, 0.25) is 0 Å². The molecule has 1 aliphatic heterocycles. The number of rotatable bonds is 3. The second kappa shape index (κ2) is 8.60. The molecule has 0 unspecified atom stereocenters. The number of likely N-dealkylation sites (tertiary alicyclic amines) is 1. The fourth-order valence-corrected chi connectivity index (χ4v) is 2.94. The molecule has 18 heavy (non-hydrogen) atoms. The lowest BCUT2D eigenvalue weighted by Crippen LogP contribution is -2.34. The molecule has 102 valence electrons. The number of hydrogen-bond acceptors (Lipinski definition) is 2. The van der Waals surface area contributed by atoms with E-state index in [0.717, 1.165) is 11.8 Å². The van der Waals surface area contributed by atoms with Crippen molar-refractivity contribution >= 4 is 11.8 Å². The van der Waals surface area contributed by atoms with Crippen LogP contribution < -0.4 is 0 Å². The third-order valence-corrected chi connectivity index (χ3v) is 4.53. The minimum Gasteiger partial charge on any atom is -0.299 e. The van der Waals surface area contributed by atoms with Gasteiger partial charge in [-0.15, -0.1) is 0 Å². The lowest BCUT2D eigenvalue weighted by Gasteiger charge is -2.31. The summed E-state index contributed by atoms with van der Waals surface area (Å²) in [7, 11) is 0. The average molecular weight is 265 g/mol. The molecule has 0 bridgehead atoms. The van der Waals surface area contributed by atoms with E-state index in [-0.39, 0.29) is 0 Å². The molecule has 0 radical (unpaired) electrons. The van der Waals surface area contributed by atoms with E-state index in [1.807, 2.05) is 25.6 Å². The van der Waals surface area contributed by atoms with Gasteiger partial charge in [-0.2, -0.15) is 11.8 Å². The average Bonchev–Trinajstić information content (AvgIpc) is 2.44. The van der Waals surface area contributed by atoms with Crippen molar-refractivity contribution in [2.45, 2.75) is 45.4 Å². The highest BCUT2D eigenvalue weighted by atomic mass is 32.2. The van der Waals surface area contributed by atoms with Gasteiger partial charge in [-0.05, 0) is 44.7 Å². The van der Waals surface area contributed by atoms with Gasteiger partial charge in [0, 0.05) is 11.8 Å². The summed E-state index contributed by atoms with van der Waals surface area (Å²) in [5.74, 6) is 0. The molecule has 1 fully saturated rings. The lowest BCUT2D eigenvalue weighted by atomic mass is 10.1. The van der Waals surface area contributed by atoms with Crippen LogP contribution in [0.25, 0.3) is 0 Å². The zero-order valence-corrected chi connectivity index (χ0v) is 13.1. The molecule has 0 amide bonds. The minimum atomic E-state index is 0.897. The van der Waals surface area contributed by atoms with Crippen LogP contribution in [0.5, 0.6) is 0 Å². The molecule has 1 aromatic rings. The molecule has 1 nitrogen and oxygen atoms in total. The second-order valence-electron chi connectivity index (χ2n) is 4.70. The summed E-state index contributed by atoms with van der Waals surface area (Å²) in [6.07, 6.45) is 4.94. The molecule has 0 atom stereocenters. The van der Waals surface area contributed by atoms with Gasteiger partial charge in [0.05, 0.1) is 0 Å². The molecule has 0 saturated carbocycles. The molecular formula is C16H27NS. The highest BCUT2D eigenvalue weighted by molar-refractivity contribution is 7.99. The number of hydrogen-bond donors (Lipinski definition) is 0. The summed E-state index contributed by atoms with van der Waals surface area (Å²) >= 11 is 2.03. The third kappa shape index (κ3) is 5.03. The predicted octanol–water partition coefficient (Wildman–Crippen LogP) is 4.35. The topological polar surface area (TPSA) is 3.24 Å². The normalized spacial score (nSPS) is 17.1. The summed E-state index contributed by atoms with van der Waals surface area (Å²) in [6.45, 7) is 9.80. The smallest absolute Gasteiger partial charge is 0.0233 e. The maximum atomic E-state index is 2.58. The first-order valence-electron chi connectivity index (χ1n) is 7.08. The maximum absolute atomic E-state index is 2.58. The number of aryl methyl sites for hydroxylation is 1. The molecular weight excluding hydrogens is 238 g/mol. The molecule has 2 rings (SSSR count). The first-order valence-corrected chi connectivity index (χ1v) is 8.37. The van der Waals surface area contributed by atoms with Gasteiger partial charge in [0.1, 0.15) is 0 Å². The van der Waals surface area contributed by atoms with Crippen molar-refractivity contribution < 1.29 is 0 Å². The molecule has 1 heterocycles. The Bertz CT molecular complexity index is 312. The molecule has 1 aliphatic rings. The number of benzene rings is 1. The van der Waals surface area contributed by atoms with Gasteiger partial charge in [-0.1, -0.05) is 43.7 Å². The minimum absolute atomic E-state index is 0.897. The van der Waals surface area contributed by atoms with Crippen LogP contribution in [0.2, 0.25) is 0 Å². The first kappa shape index (κ1) is 15.6. The highest BCUT2D eigenvalue weighted by Crippen LogP contribution is 2.22. The van der Waals surface area contributed by atoms with Crippen molar-refractivity contribution in [2.24, 2.45) is 0 Å². The molecule has 0 aromatic heterocycles. The Morgan fingerprint density at radius 3 is 2.17 bits per heavy atom. The van der Waals surface area contributed by atoms with Crippen LogP contribution in [-0.2, 0) is 6.54 Å². The van der Waals surface area contributed by atoms with E-state index >= 15 is 0 Å². The molecule has 0 N–H and O–H groups in total. The van der Waals surface area contributed by atoms with E-state index in [1.165, 1.54) is 37.1 Å². The SMILES string of the molecule is CC.CSC1CCN(Cc2ccc(C)cc2)CC1. The Morgan fingerprint density at radius 1 is 1.11 bits per heavy atom. The Hall–Kier alpha value is -0.470. The Labute approximate surface area is 117 Å².